The van der Waals surface area contributed by atoms with E-state index < -0.39 is 17.2 Å². The van der Waals surface area contributed by atoms with E-state index in [1.807, 2.05) is 60.7 Å². The van der Waals surface area contributed by atoms with Crippen molar-refractivity contribution in [2.75, 3.05) is 24.9 Å². The predicted molar refractivity (Wildman–Crippen MR) is 147 cm³/mol. The largest absolute Gasteiger partial charge is 0.497 e. The number of methoxy groups -OCH3 is 2. The molecule has 4 rings (SSSR count). The van der Waals surface area contributed by atoms with Gasteiger partial charge in [0.2, 0.25) is 0 Å². The Morgan fingerprint density at radius 2 is 1.61 bits per heavy atom. The normalized spacial score (nSPS) is 10.9. The summed E-state index contributed by atoms with van der Waals surface area (Å²) in [5, 5.41) is 0. The Morgan fingerprint density at radius 3 is 2.24 bits per heavy atom. The molecule has 0 saturated carbocycles. The molecule has 0 radical (unpaired) electrons. The zero-order valence-corrected chi connectivity index (χ0v) is 21.1. The number of carbonyl (C=O) groups excluding carboxylic acids is 1. The average Bonchev–Trinajstić information content (AvgIpc) is 2.94. The van der Waals surface area contributed by atoms with Crippen molar-refractivity contribution in [2.45, 2.75) is 13.1 Å². The Hall–Kier alpha value is -5.05. The number of anilines is 2. The zero-order chi connectivity index (χ0) is 27.1. The van der Waals surface area contributed by atoms with Gasteiger partial charge in [0.25, 0.3) is 11.5 Å². The van der Waals surface area contributed by atoms with Crippen molar-refractivity contribution >= 4 is 23.5 Å². The molecule has 9 nitrogen and oxygen atoms in total. The van der Waals surface area contributed by atoms with E-state index in [1.165, 1.54) is 22.7 Å². The molecule has 0 aliphatic carbocycles. The maximum Gasteiger partial charge on any atom is 0.330 e. The molecule has 3 N–H and O–H groups in total. The highest BCUT2D eigenvalue weighted by Crippen LogP contribution is 2.26. The monoisotopic (exact) mass is 512 g/mol. The minimum atomic E-state index is -0.753. The van der Waals surface area contributed by atoms with Crippen LogP contribution in [0.2, 0.25) is 0 Å². The fraction of sp³-hybridized carbons (Fsp3) is 0.138. The van der Waals surface area contributed by atoms with Crippen LogP contribution >= 0.6 is 0 Å². The molecule has 0 aliphatic rings. The molecular weight excluding hydrogens is 484 g/mol. The first kappa shape index (κ1) is 26.0. The summed E-state index contributed by atoms with van der Waals surface area (Å²) in [6.07, 6.45) is 2.92. The Kier molecular flexibility index (Phi) is 8.07. The molecule has 194 valence electrons. The summed E-state index contributed by atoms with van der Waals surface area (Å²) >= 11 is 0. The molecule has 0 bridgehead atoms. The molecule has 0 unspecified atom stereocenters. The number of aromatic nitrogens is 2. The predicted octanol–water partition coefficient (Wildman–Crippen LogP) is 3.43. The van der Waals surface area contributed by atoms with Gasteiger partial charge >= 0.3 is 5.69 Å². The van der Waals surface area contributed by atoms with E-state index in [9.17, 15) is 14.4 Å². The van der Waals surface area contributed by atoms with Crippen LogP contribution < -0.4 is 31.4 Å². The number of nitrogen functional groups attached to an aromatic ring is 1. The molecule has 0 saturated heterocycles. The molecule has 4 aromatic rings. The van der Waals surface area contributed by atoms with Crippen LogP contribution in [0.3, 0.4) is 0 Å². The molecule has 1 aromatic heterocycles. The molecule has 1 amide bonds. The van der Waals surface area contributed by atoms with E-state index >= 15 is 0 Å². The molecule has 9 heteroatoms. The van der Waals surface area contributed by atoms with Crippen molar-refractivity contribution in [1.82, 2.24) is 9.55 Å². The lowest BCUT2D eigenvalue weighted by atomic mass is 10.1. The number of nitrogens with two attached hydrogens (primary N) is 1. The summed E-state index contributed by atoms with van der Waals surface area (Å²) in [6, 6.07) is 23.6. The lowest BCUT2D eigenvalue weighted by Crippen LogP contribution is -2.40. The summed E-state index contributed by atoms with van der Waals surface area (Å²) < 4.78 is 11.9. The SMILES string of the molecule is COc1ccc(C=CC(=O)N(Cc2ccccc2)c2c(N)n(Cc3ccccc3)c(=O)[nH]c2=O)c(OC)c1. The molecular formula is C29H28N4O5. The van der Waals surface area contributed by atoms with Gasteiger partial charge in [-0.2, -0.15) is 0 Å². The number of nitrogens with zero attached hydrogens (tertiary/aromatic N) is 2. The van der Waals surface area contributed by atoms with Crippen LogP contribution in [0.15, 0.2) is 94.5 Å². The maximum atomic E-state index is 13.6. The maximum absolute atomic E-state index is 13.6. The van der Waals surface area contributed by atoms with Crippen molar-refractivity contribution in [3.8, 4) is 11.5 Å². The number of hydrogen-bond acceptors (Lipinski definition) is 6. The van der Waals surface area contributed by atoms with Crippen molar-refractivity contribution in [3.05, 3.63) is 122 Å². The number of hydrogen-bond donors (Lipinski definition) is 2. The van der Waals surface area contributed by atoms with Crippen molar-refractivity contribution in [2.24, 2.45) is 0 Å². The van der Waals surface area contributed by atoms with E-state index in [-0.39, 0.29) is 24.6 Å². The smallest absolute Gasteiger partial charge is 0.330 e. The molecule has 1 heterocycles. The number of amides is 1. The Balaban J connectivity index is 1.77. The number of carbonyl (C=O) groups is 1. The molecule has 38 heavy (non-hydrogen) atoms. The first-order chi connectivity index (χ1) is 18.4. The number of H-pyrrole nitrogens is 1. The second-order valence-electron chi connectivity index (χ2n) is 8.42. The molecule has 0 fully saturated rings. The van der Waals surface area contributed by atoms with Gasteiger partial charge < -0.3 is 15.2 Å². The van der Waals surface area contributed by atoms with Gasteiger partial charge in [-0.3, -0.25) is 24.0 Å². The van der Waals surface area contributed by atoms with E-state index in [0.29, 0.717) is 17.1 Å². The third-order valence-corrected chi connectivity index (χ3v) is 5.96. The summed E-state index contributed by atoms with van der Waals surface area (Å²) in [4.78, 5) is 42.9. The van der Waals surface area contributed by atoms with E-state index in [1.54, 1.807) is 31.4 Å². The summed E-state index contributed by atoms with van der Waals surface area (Å²) in [6.45, 7) is 0.183. The molecule has 0 aliphatic heterocycles. The van der Waals surface area contributed by atoms with E-state index in [4.69, 9.17) is 15.2 Å². The number of nitrogens with one attached hydrogen (secondary N) is 1. The number of benzene rings is 3. The van der Waals surface area contributed by atoms with Crippen molar-refractivity contribution in [1.29, 1.82) is 0 Å². The van der Waals surface area contributed by atoms with E-state index in [2.05, 4.69) is 4.98 Å². The lowest BCUT2D eigenvalue weighted by Gasteiger charge is -2.23. The second-order valence-corrected chi connectivity index (χ2v) is 8.42. The van der Waals surface area contributed by atoms with Crippen LogP contribution in [0, 0.1) is 0 Å². The number of ether oxygens (including phenoxy) is 2. The standard InChI is InChI=1S/C29H28N4O5/c1-37-23-15-13-22(24(17-23)38-2)14-16-25(34)32(18-20-9-5-3-6-10-20)26-27(30)33(29(36)31-28(26)35)19-21-11-7-4-8-12-21/h3-17H,18-19,30H2,1-2H3,(H,31,35,36). The first-order valence-electron chi connectivity index (χ1n) is 11.8. The minimum absolute atomic E-state index is 0.0561. The van der Waals surface area contributed by atoms with Gasteiger partial charge in [-0.05, 0) is 29.3 Å². The first-order valence-corrected chi connectivity index (χ1v) is 11.8. The average molecular weight is 513 g/mol. The fourth-order valence-corrected chi connectivity index (χ4v) is 4.00. The Labute approximate surface area is 219 Å². The quantitative estimate of drug-likeness (QED) is 0.332. The molecule has 3 aromatic carbocycles. The Bertz CT molecular complexity index is 1560. The third kappa shape index (κ3) is 5.84. The summed E-state index contributed by atoms with van der Waals surface area (Å²) in [5.74, 6) is 0.504. The highest BCUT2D eigenvalue weighted by Gasteiger charge is 2.23. The van der Waals surface area contributed by atoms with Gasteiger partial charge in [0.1, 0.15) is 17.3 Å². The minimum Gasteiger partial charge on any atom is -0.497 e. The highest BCUT2D eigenvalue weighted by atomic mass is 16.5. The van der Waals surface area contributed by atoms with Crippen LogP contribution in [0.4, 0.5) is 11.5 Å². The van der Waals surface area contributed by atoms with Crippen molar-refractivity contribution in [3.63, 3.8) is 0 Å². The van der Waals surface area contributed by atoms with Gasteiger partial charge in [-0.15, -0.1) is 0 Å². The van der Waals surface area contributed by atoms with Crippen LogP contribution in [-0.4, -0.2) is 29.7 Å². The Morgan fingerprint density at radius 1 is 0.947 bits per heavy atom. The van der Waals surface area contributed by atoms with E-state index in [0.717, 1.165) is 11.1 Å². The zero-order valence-electron chi connectivity index (χ0n) is 21.1. The number of aromatic amines is 1. The van der Waals surface area contributed by atoms with Crippen molar-refractivity contribution < 1.29 is 14.3 Å². The molecule has 0 spiro atoms. The van der Waals surface area contributed by atoms with Gasteiger partial charge in [0.15, 0.2) is 5.69 Å². The molecule has 0 atom stereocenters. The fourth-order valence-electron chi connectivity index (χ4n) is 4.00. The highest BCUT2D eigenvalue weighted by molar-refractivity contribution is 6.05. The van der Waals surface area contributed by atoms with Gasteiger partial charge in [0.05, 0.1) is 27.3 Å². The van der Waals surface area contributed by atoms with Gasteiger partial charge in [-0.1, -0.05) is 60.7 Å². The van der Waals surface area contributed by atoms with Crippen LogP contribution in [0.25, 0.3) is 6.08 Å². The third-order valence-electron chi connectivity index (χ3n) is 5.96. The topological polar surface area (TPSA) is 120 Å². The lowest BCUT2D eigenvalue weighted by molar-refractivity contribution is -0.114. The van der Waals surface area contributed by atoms with Gasteiger partial charge in [-0.25, -0.2) is 4.79 Å². The summed E-state index contributed by atoms with van der Waals surface area (Å²) in [5.41, 5.74) is 7.10. The van der Waals surface area contributed by atoms with Crippen LogP contribution in [0.5, 0.6) is 11.5 Å². The summed E-state index contributed by atoms with van der Waals surface area (Å²) in [7, 11) is 3.07. The van der Waals surface area contributed by atoms with Crippen LogP contribution in [0.1, 0.15) is 16.7 Å². The van der Waals surface area contributed by atoms with Gasteiger partial charge in [0, 0.05) is 17.7 Å². The number of rotatable bonds is 9. The van der Waals surface area contributed by atoms with Crippen LogP contribution in [-0.2, 0) is 17.9 Å². The second kappa shape index (κ2) is 11.8.